The molecule has 2 rings (SSSR count). The molecule has 92 valence electrons. The van der Waals surface area contributed by atoms with E-state index in [-0.39, 0.29) is 5.91 Å². The first-order valence-electron chi connectivity index (χ1n) is 5.58. The lowest BCUT2D eigenvalue weighted by Gasteiger charge is -2.34. The Morgan fingerprint density at radius 3 is 2.65 bits per heavy atom. The summed E-state index contributed by atoms with van der Waals surface area (Å²) in [5.41, 5.74) is 0.393. The molecule has 1 saturated heterocycles. The Balaban J connectivity index is 2.02. The predicted octanol–water partition coefficient (Wildman–Crippen LogP) is 0.615. The molecule has 5 nitrogen and oxygen atoms in total. The first-order valence-corrected chi connectivity index (χ1v) is 5.58. The molecular formula is C11H15FN4O. The van der Waals surface area contributed by atoms with Crippen molar-refractivity contribution >= 4 is 11.7 Å². The van der Waals surface area contributed by atoms with Crippen molar-refractivity contribution in [3.05, 3.63) is 18.1 Å². The van der Waals surface area contributed by atoms with E-state index in [0.29, 0.717) is 18.8 Å². The minimum atomic E-state index is -0.580. The Hall–Kier alpha value is -1.72. The highest BCUT2D eigenvalue weighted by molar-refractivity contribution is 5.73. The van der Waals surface area contributed by atoms with Gasteiger partial charge in [0.1, 0.15) is 18.8 Å². The zero-order valence-electron chi connectivity index (χ0n) is 9.77. The highest BCUT2D eigenvalue weighted by Gasteiger charge is 2.19. The molecule has 1 aliphatic rings. The van der Waals surface area contributed by atoms with Gasteiger partial charge in [0.25, 0.3) is 0 Å². The largest absolute Gasteiger partial charge is 0.353 e. The molecule has 0 spiro atoms. The Morgan fingerprint density at radius 2 is 2.06 bits per heavy atom. The molecule has 0 bridgehead atoms. The Kier molecular flexibility index (Phi) is 3.51. The molecule has 0 saturated carbocycles. The Labute approximate surface area is 99.3 Å². The number of hydrogen-bond donors (Lipinski definition) is 0. The average Bonchev–Trinajstić information content (AvgIpc) is 2.39. The summed E-state index contributed by atoms with van der Waals surface area (Å²) in [6.45, 7) is 3.81. The van der Waals surface area contributed by atoms with Gasteiger partial charge in [-0.1, -0.05) is 0 Å². The van der Waals surface area contributed by atoms with Crippen LogP contribution in [0.1, 0.15) is 12.6 Å². The number of alkyl halides is 1. The fraction of sp³-hybridized carbons (Fsp3) is 0.545. The molecule has 0 unspecified atom stereocenters. The van der Waals surface area contributed by atoms with Crippen LogP contribution in [0, 0.1) is 0 Å². The molecule has 1 aromatic heterocycles. The summed E-state index contributed by atoms with van der Waals surface area (Å²) in [5.74, 6) is 0.827. The number of rotatable bonds is 2. The summed E-state index contributed by atoms with van der Waals surface area (Å²) in [6.07, 6.45) is 1.38. The number of aromatic nitrogens is 2. The van der Waals surface area contributed by atoms with Gasteiger partial charge in [0.2, 0.25) is 5.91 Å². The lowest BCUT2D eigenvalue weighted by molar-refractivity contribution is -0.129. The van der Waals surface area contributed by atoms with Crippen molar-refractivity contribution in [3.63, 3.8) is 0 Å². The number of nitrogens with zero attached hydrogens (tertiary/aromatic N) is 4. The fourth-order valence-electron chi connectivity index (χ4n) is 1.88. The molecule has 1 aliphatic heterocycles. The third-order valence-corrected chi connectivity index (χ3v) is 2.90. The number of amides is 1. The van der Waals surface area contributed by atoms with Gasteiger partial charge in [-0.15, -0.1) is 0 Å². The molecule has 0 aliphatic carbocycles. The molecule has 1 aromatic rings. The van der Waals surface area contributed by atoms with Crippen molar-refractivity contribution in [3.8, 4) is 0 Å². The lowest BCUT2D eigenvalue weighted by atomic mass is 10.3. The van der Waals surface area contributed by atoms with Crippen LogP contribution in [0.15, 0.2) is 12.4 Å². The van der Waals surface area contributed by atoms with Crippen LogP contribution in [0.25, 0.3) is 0 Å². The van der Waals surface area contributed by atoms with Crippen molar-refractivity contribution in [2.75, 3.05) is 31.1 Å². The summed E-state index contributed by atoms with van der Waals surface area (Å²) < 4.78 is 12.5. The summed E-state index contributed by atoms with van der Waals surface area (Å²) in [5, 5.41) is 0. The molecule has 1 amide bonds. The van der Waals surface area contributed by atoms with Gasteiger partial charge in [0.05, 0.1) is 5.69 Å². The van der Waals surface area contributed by atoms with Gasteiger partial charge >= 0.3 is 0 Å². The number of piperazine rings is 1. The lowest BCUT2D eigenvalue weighted by Crippen LogP contribution is -2.48. The quantitative estimate of drug-likeness (QED) is 0.757. The van der Waals surface area contributed by atoms with E-state index in [1.165, 1.54) is 6.33 Å². The van der Waals surface area contributed by atoms with Gasteiger partial charge in [-0.2, -0.15) is 0 Å². The van der Waals surface area contributed by atoms with E-state index >= 15 is 0 Å². The predicted molar refractivity (Wildman–Crippen MR) is 61.3 cm³/mol. The van der Waals surface area contributed by atoms with Crippen LogP contribution in [0.3, 0.4) is 0 Å². The molecule has 0 N–H and O–H groups in total. The van der Waals surface area contributed by atoms with Gasteiger partial charge in [-0.3, -0.25) is 4.79 Å². The number of carbonyl (C=O) groups excluding carboxylic acids is 1. The van der Waals surface area contributed by atoms with Gasteiger partial charge in [0.15, 0.2) is 0 Å². The first kappa shape index (κ1) is 11.8. The standard InChI is InChI=1S/C11H15FN4O/c1-9(17)15-2-4-16(5-3-15)11-6-10(7-12)13-8-14-11/h6,8H,2-5,7H2,1H3. The minimum absolute atomic E-state index is 0.0942. The average molecular weight is 238 g/mol. The van der Waals surface area contributed by atoms with E-state index in [1.54, 1.807) is 17.9 Å². The van der Waals surface area contributed by atoms with E-state index in [2.05, 4.69) is 9.97 Å². The van der Waals surface area contributed by atoms with Gasteiger partial charge in [-0.05, 0) is 0 Å². The molecule has 0 radical (unpaired) electrons. The normalized spacial score (nSPS) is 16.1. The van der Waals surface area contributed by atoms with Crippen molar-refractivity contribution in [1.29, 1.82) is 0 Å². The topological polar surface area (TPSA) is 49.3 Å². The molecular weight excluding hydrogens is 223 g/mol. The summed E-state index contributed by atoms with van der Waals surface area (Å²) in [7, 11) is 0. The second-order valence-corrected chi connectivity index (χ2v) is 3.99. The molecule has 0 atom stereocenters. The minimum Gasteiger partial charge on any atom is -0.353 e. The second-order valence-electron chi connectivity index (χ2n) is 3.99. The maximum atomic E-state index is 12.5. The van der Waals surface area contributed by atoms with Crippen LogP contribution in [0.5, 0.6) is 0 Å². The van der Waals surface area contributed by atoms with Crippen molar-refractivity contribution in [2.24, 2.45) is 0 Å². The van der Waals surface area contributed by atoms with Crippen molar-refractivity contribution in [2.45, 2.75) is 13.6 Å². The zero-order chi connectivity index (χ0) is 12.3. The van der Waals surface area contributed by atoms with Crippen molar-refractivity contribution in [1.82, 2.24) is 14.9 Å². The monoisotopic (exact) mass is 238 g/mol. The maximum absolute atomic E-state index is 12.5. The van der Waals surface area contributed by atoms with Crippen LogP contribution in [-0.4, -0.2) is 47.0 Å². The molecule has 17 heavy (non-hydrogen) atoms. The van der Waals surface area contributed by atoms with E-state index in [4.69, 9.17) is 0 Å². The van der Waals surface area contributed by atoms with Crippen LogP contribution >= 0.6 is 0 Å². The third-order valence-electron chi connectivity index (χ3n) is 2.90. The molecule has 1 fully saturated rings. The summed E-state index contributed by atoms with van der Waals surface area (Å²) in [6, 6.07) is 1.66. The zero-order valence-corrected chi connectivity index (χ0v) is 9.77. The smallest absolute Gasteiger partial charge is 0.219 e. The van der Waals surface area contributed by atoms with E-state index in [0.717, 1.165) is 18.9 Å². The number of carbonyl (C=O) groups is 1. The maximum Gasteiger partial charge on any atom is 0.219 e. The second kappa shape index (κ2) is 5.07. The third kappa shape index (κ3) is 2.69. The van der Waals surface area contributed by atoms with E-state index in [1.807, 2.05) is 4.90 Å². The summed E-state index contributed by atoms with van der Waals surface area (Å²) in [4.78, 5) is 23.0. The number of anilines is 1. The highest BCUT2D eigenvalue weighted by atomic mass is 19.1. The van der Waals surface area contributed by atoms with E-state index in [9.17, 15) is 9.18 Å². The van der Waals surface area contributed by atoms with E-state index < -0.39 is 6.67 Å². The van der Waals surface area contributed by atoms with Crippen molar-refractivity contribution < 1.29 is 9.18 Å². The molecule has 6 heteroatoms. The number of hydrogen-bond acceptors (Lipinski definition) is 4. The molecule has 2 heterocycles. The van der Waals surface area contributed by atoms with Crippen LogP contribution in [0.4, 0.5) is 10.2 Å². The fourth-order valence-corrected chi connectivity index (χ4v) is 1.88. The van der Waals surface area contributed by atoms with Crippen LogP contribution in [-0.2, 0) is 11.5 Å². The number of halogens is 1. The van der Waals surface area contributed by atoms with Gasteiger partial charge < -0.3 is 9.80 Å². The van der Waals surface area contributed by atoms with Gasteiger partial charge in [0, 0.05) is 39.2 Å². The Morgan fingerprint density at radius 1 is 1.35 bits per heavy atom. The first-order chi connectivity index (χ1) is 8.20. The Bertz CT molecular complexity index is 404. The van der Waals surface area contributed by atoms with Crippen LogP contribution < -0.4 is 4.90 Å². The molecule has 0 aromatic carbocycles. The SMILES string of the molecule is CC(=O)N1CCN(c2cc(CF)ncn2)CC1. The van der Waals surface area contributed by atoms with Crippen LogP contribution in [0.2, 0.25) is 0 Å². The van der Waals surface area contributed by atoms with Gasteiger partial charge in [-0.25, -0.2) is 14.4 Å². The highest BCUT2D eigenvalue weighted by Crippen LogP contribution is 2.14. The summed E-state index contributed by atoms with van der Waals surface area (Å²) >= 11 is 0.